The Balaban J connectivity index is 1.43. The number of carbonyl (C=O) groups excluding carboxylic acids is 1. The van der Waals surface area contributed by atoms with Crippen molar-refractivity contribution in [1.82, 2.24) is 10.4 Å². The summed E-state index contributed by atoms with van der Waals surface area (Å²) in [4.78, 5) is 12.6. The number of hydrogen-bond acceptors (Lipinski definition) is 3. The minimum absolute atomic E-state index is 0.172. The molecule has 0 saturated heterocycles. The highest BCUT2D eigenvalue weighted by atomic mass is 16.5. The molecule has 3 aliphatic carbocycles. The first-order valence-corrected chi connectivity index (χ1v) is 10.5. The van der Waals surface area contributed by atoms with E-state index < -0.39 is 0 Å². The Hall–Kier alpha value is -0.610. The molecule has 138 valence electrons. The Kier molecular flexibility index (Phi) is 6.96. The molecule has 0 aromatic carbocycles. The average Bonchev–Trinajstić information content (AvgIpc) is 2.63. The van der Waals surface area contributed by atoms with Gasteiger partial charge < -0.3 is 10.5 Å². The van der Waals surface area contributed by atoms with E-state index in [4.69, 9.17) is 0 Å². The van der Waals surface area contributed by atoms with E-state index in [0.29, 0.717) is 18.0 Å². The summed E-state index contributed by atoms with van der Waals surface area (Å²) in [6, 6.07) is 0.776. The third-order valence-electron chi connectivity index (χ3n) is 6.55. The zero-order chi connectivity index (χ0) is 16.8. The third-order valence-corrected chi connectivity index (χ3v) is 6.55. The summed E-state index contributed by atoms with van der Waals surface area (Å²) in [6.07, 6.45) is 16.5. The first-order valence-electron chi connectivity index (χ1n) is 10.5. The fourth-order valence-electron chi connectivity index (χ4n) is 5.05. The normalized spacial score (nSPS) is 30.4. The van der Waals surface area contributed by atoms with Crippen molar-refractivity contribution in [3.05, 3.63) is 0 Å². The molecule has 2 unspecified atom stereocenters. The molecule has 0 aromatic heterocycles. The lowest BCUT2D eigenvalue weighted by Gasteiger charge is -2.35. The Morgan fingerprint density at radius 1 is 0.875 bits per heavy atom. The highest BCUT2D eigenvalue weighted by molar-refractivity contribution is 5.79. The van der Waals surface area contributed by atoms with Gasteiger partial charge in [-0.3, -0.25) is 4.79 Å². The molecular formula is C20H36N2O2. The molecule has 0 aromatic rings. The van der Waals surface area contributed by atoms with Gasteiger partial charge in [-0.05, 0) is 50.9 Å². The van der Waals surface area contributed by atoms with Gasteiger partial charge >= 0.3 is 0 Å². The predicted octanol–water partition coefficient (Wildman–Crippen LogP) is 4.27. The maximum absolute atomic E-state index is 12.6. The van der Waals surface area contributed by atoms with E-state index in [0.717, 1.165) is 57.9 Å². The molecule has 0 radical (unpaired) electrons. The Bertz CT molecular complexity index is 389. The lowest BCUT2D eigenvalue weighted by atomic mass is 9.80. The zero-order valence-corrected chi connectivity index (χ0v) is 15.2. The summed E-state index contributed by atoms with van der Waals surface area (Å²) in [7, 11) is 0. The van der Waals surface area contributed by atoms with Gasteiger partial charge in [0.25, 0.3) is 0 Å². The van der Waals surface area contributed by atoms with Crippen LogP contribution in [0.5, 0.6) is 0 Å². The number of hydrogen-bond donors (Lipinski definition) is 2. The standard InChI is InChI=1S/C20H36N2O2/c23-20(21-18-10-3-1-4-11-18)17-9-7-8-16(14-17)15-22(24)19-12-5-2-6-13-19/h16-19,24H,1-15H2,(H,21,23). The fraction of sp³-hybridized carbons (Fsp3) is 0.950. The van der Waals surface area contributed by atoms with Crippen LogP contribution in [-0.4, -0.2) is 34.8 Å². The van der Waals surface area contributed by atoms with E-state index in [-0.39, 0.29) is 11.8 Å². The van der Waals surface area contributed by atoms with Gasteiger partial charge in [0.2, 0.25) is 5.91 Å². The second kappa shape index (κ2) is 9.19. The van der Waals surface area contributed by atoms with Gasteiger partial charge in [-0.25, -0.2) is 0 Å². The number of rotatable bonds is 5. The Labute approximate surface area is 147 Å². The zero-order valence-electron chi connectivity index (χ0n) is 15.2. The van der Waals surface area contributed by atoms with Crippen LogP contribution >= 0.6 is 0 Å². The maximum Gasteiger partial charge on any atom is 0.223 e. The first-order chi connectivity index (χ1) is 11.7. The van der Waals surface area contributed by atoms with Crippen molar-refractivity contribution in [2.24, 2.45) is 11.8 Å². The van der Waals surface area contributed by atoms with Crippen molar-refractivity contribution in [3.8, 4) is 0 Å². The number of nitrogens with one attached hydrogen (secondary N) is 1. The molecule has 2 N–H and O–H groups in total. The summed E-state index contributed by atoms with van der Waals surface area (Å²) in [5.41, 5.74) is 0. The van der Waals surface area contributed by atoms with E-state index in [1.54, 1.807) is 5.06 Å². The number of carbonyl (C=O) groups is 1. The number of hydroxylamine groups is 2. The fourth-order valence-corrected chi connectivity index (χ4v) is 5.05. The molecule has 0 spiro atoms. The topological polar surface area (TPSA) is 52.6 Å². The molecule has 0 heterocycles. The number of nitrogens with zero attached hydrogens (tertiary/aromatic N) is 1. The molecule has 3 saturated carbocycles. The Morgan fingerprint density at radius 3 is 2.25 bits per heavy atom. The van der Waals surface area contributed by atoms with Crippen molar-refractivity contribution in [1.29, 1.82) is 0 Å². The summed E-state index contributed by atoms with van der Waals surface area (Å²) in [5.74, 6) is 0.937. The van der Waals surface area contributed by atoms with E-state index in [2.05, 4.69) is 5.32 Å². The van der Waals surface area contributed by atoms with Gasteiger partial charge in [0.15, 0.2) is 0 Å². The molecule has 0 bridgehead atoms. The van der Waals surface area contributed by atoms with Crippen LogP contribution in [0, 0.1) is 11.8 Å². The van der Waals surface area contributed by atoms with Crippen molar-refractivity contribution in [3.63, 3.8) is 0 Å². The van der Waals surface area contributed by atoms with Crippen LogP contribution in [0.3, 0.4) is 0 Å². The monoisotopic (exact) mass is 336 g/mol. The van der Waals surface area contributed by atoms with E-state index in [9.17, 15) is 10.0 Å². The van der Waals surface area contributed by atoms with Gasteiger partial charge in [-0.2, -0.15) is 5.06 Å². The van der Waals surface area contributed by atoms with Gasteiger partial charge in [0.1, 0.15) is 0 Å². The van der Waals surface area contributed by atoms with Crippen LogP contribution in [0.4, 0.5) is 0 Å². The van der Waals surface area contributed by atoms with Gasteiger partial charge in [-0.1, -0.05) is 44.9 Å². The second-order valence-corrected chi connectivity index (χ2v) is 8.49. The maximum atomic E-state index is 12.6. The van der Waals surface area contributed by atoms with Gasteiger partial charge in [0.05, 0.1) is 0 Å². The molecule has 4 nitrogen and oxygen atoms in total. The second-order valence-electron chi connectivity index (χ2n) is 8.49. The van der Waals surface area contributed by atoms with Crippen LogP contribution in [0.25, 0.3) is 0 Å². The SMILES string of the molecule is O=C(NC1CCCCC1)C1CCCC(CN(O)C2CCCCC2)C1. The van der Waals surface area contributed by atoms with E-state index in [1.165, 1.54) is 38.5 Å². The van der Waals surface area contributed by atoms with Crippen molar-refractivity contribution in [2.75, 3.05) is 6.54 Å². The highest BCUT2D eigenvalue weighted by Gasteiger charge is 2.31. The highest BCUT2D eigenvalue weighted by Crippen LogP contribution is 2.31. The van der Waals surface area contributed by atoms with Crippen molar-refractivity contribution in [2.45, 2.75) is 102 Å². The lowest BCUT2D eigenvalue weighted by Crippen LogP contribution is -2.43. The van der Waals surface area contributed by atoms with E-state index in [1.807, 2.05) is 0 Å². The lowest BCUT2D eigenvalue weighted by molar-refractivity contribution is -0.148. The van der Waals surface area contributed by atoms with Crippen molar-refractivity contribution < 1.29 is 10.0 Å². The third kappa shape index (κ3) is 5.19. The summed E-state index contributed by atoms with van der Waals surface area (Å²) in [5, 5.41) is 15.4. The minimum Gasteiger partial charge on any atom is -0.353 e. The molecule has 3 fully saturated rings. The van der Waals surface area contributed by atoms with Gasteiger partial charge in [-0.15, -0.1) is 0 Å². The van der Waals surface area contributed by atoms with Crippen LogP contribution in [0.1, 0.15) is 89.9 Å². The molecule has 0 aliphatic heterocycles. The molecule has 1 amide bonds. The number of amides is 1. The molecular weight excluding hydrogens is 300 g/mol. The van der Waals surface area contributed by atoms with Crippen LogP contribution in [0.2, 0.25) is 0 Å². The molecule has 2 atom stereocenters. The Morgan fingerprint density at radius 2 is 1.54 bits per heavy atom. The van der Waals surface area contributed by atoms with Crippen LogP contribution < -0.4 is 5.32 Å². The predicted molar refractivity (Wildman–Crippen MR) is 95.8 cm³/mol. The molecule has 4 heteroatoms. The first kappa shape index (κ1) is 18.2. The smallest absolute Gasteiger partial charge is 0.223 e. The quantitative estimate of drug-likeness (QED) is 0.737. The minimum atomic E-state index is 0.172. The van der Waals surface area contributed by atoms with Crippen LogP contribution in [-0.2, 0) is 4.79 Å². The van der Waals surface area contributed by atoms with Gasteiger partial charge in [0, 0.05) is 24.5 Å². The molecule has 3 aliphatic rings. The van der Waals surface area contributed by atoms with Crippen LogP contribution in [0.15, 0.2) is 0 Å². The summed E-state index contributed by atoms with van der Waals surface area (Å²) in [6.45, 7) is 0.762. The molecule has 24 heavy (non-hydrogen) atoms. The van der Waals surface area contributed by atoms with Crippen molar-refractivity contribution >= 4 is 5.91 Å². The summed E-state index contributed by atoms with van der Waals surface area (Å²) >= 11 is 0. The summed E-state index contributed by atoms with van der Waals surface area (Å²) < 4.78 is 0. The average molecular weight is 337 g/mol. The van der Waals surface area contributed by atoms with E-state index >= 15 is 0 Å². The largest absolute Gasteiger partial charge is 0.353 e. The molecule has 3 rings (SSSR count).